The second kappa shape index (κ2) is 9.50. The molecule has 0 unspecified atom stereocenters. The molecule has 0 aliphatic carbocycles. The molecule has 0 aromatic rings. The van der Waals surface area contributed by atoms with Crippen LogP contribution in [0.5, 0.6) is 0 Å². The van der Waals surface area contributed by atoms with E-state index in [2.05, 4.69) is 5.32 Å². The van der Waals surface area contributed by atoms with Crippen LogP contribution in [0.25, 0.3) is 0 Å². The highest BCUT2D eigenvalue weighted by molar-refractivity contribution is 5.77. The summed E-state index contributed by atoms with van der Waals surface area (Å²) in [6, 6.07) is -0.844. The van der Waals surface area contributed by atoms with Crippen molar-refractivity contribution in [3.05, 3.63) is 0 Å². The van der Waals surface area contributed by atoms with E-state index in [1.54, 1.807) is 6.92 Å². The predicted molar refractivity (Wildman–Crippen MR) is 97.4 cm³/mol. The van der Waals surface area contributed by atoms with Gasteiger partial charge in [0.15, 0.2) is 12.6 Å². The number of carbonyl (C=O) groups excluding carboxylic acids is 1. The Morgan fingerprint density at radius 1 is 1.00 bits per heavy atom. The molecule has 2 aliphatic rings. The molecule has 2 aliphatic heterocycles. The minimum atomic E-state index is -1.56. The zero-order valence-corrected chi connectivity index (χ0v) is 17.3. The van der Waals surface area contributed by atoms with Gasteiger partial charge in [-0.25, -0.2) is 0 Å². The average Bonchev–Trinajstić information content (AvgIpc) is 2.59. The number of rotatable bonds is 6. The van der Waals surface area contributed by atoms with Gasteiger partial charge in [-0.2, -0.15) is 0 Å². The molecule has 6 N–H and O–H groups in total. The topological polar surface area (TPSA) is 167 Å². The standard InChI is InChI=1S/C18H33NO10/c1-7-10(19-9(20)6-18(3,4)25)12(22)15(26-5)17(28-7)29-14-11(21)8(2)27-16(24)13(14)23/h7-8,10-17,21-25H,6H2,1-5H3,(H,19,20)/t7-,8+,10-,11+,12+,13-,14-,15-,16+,17+/m1/s1. The summed E-state index contributed by atoms with van der Waals surface area (Å²) in [6.45, 7) is 6.10. The van der Waals surface area contributed by atoms with Gasteiger partial charge >= 0.3 is 0 Å². The van der Waals surface area contributed by atoms with Crippen LogP contribution in [0.3, 0.4) is 0 Å². The molecule has 11 heteroatoms. The maximum Gasteiger partial charge on any atom is 0.223 e. The Bertz CT molecular complexity index is 541. The summed E-state index contributed by atoms with van der Waals surface area (Å²) in [5.41, 5.74) is -1.22. The van der Waals surface area contributed by atoms with Crippen molar-refractivity contribution in [2.75, 3.05) is 7.11 Å². The largest absolute Gasteiger partial charge is 0.390 e. The van der Waals surface area contributed by atoms with Crippen molar-refractivity contribution in [3.8, 4) is 0 Å². The van der Waals surface area contributed by atoms with Gasteiger partial charge in [-0.15, -0.1) is 0 Å². The van der Waals surface area contributed by atoms with Gasteiger partial charge in [-0.1, -0.05) is 0 Å². The number of aliphatic hydroxyl groups is 5. The number of methoxy groups -OCH3 is 1. The van der Waals surface area contributed by atoms with Gasteiger partial charge < -0.3 is 49.8 Å². The van der Waals surface area contributed by atoms with Crippen LogP contribution < -0.4 is 5.32 Å². The van der Waals surface area contributed by atoms with Gasteiger partial charge in [0.05, 0.1) is 30.3 Å². The lowest BCUT2D eigenvalue weighted by atomic mass is 9.95. The molecule has 2 rings (SSSR count). The first kappa shape index (κ1) is 24.4. The van der Waals surface area contributed by atoms with Crippen molar-refractivity contribution < 1.29 is 49.3 Å². The van der Waals surface area contributed by atoms with Crippen molar-refractivity contribution in [3.63, 3.8) is 0 Å². The van der Waals surface area contributed by atoms with Gasteiger partial charge in [-0.05, 0) is 27.7 Å². The molecular weight excluding hydrogens is 390 g/mol. The molecule has 0 saturated carbocycles. The molecule has 1 amide bonds. The second-order valence-electron chi connectivity index (χ2n) is 8.30. The number of aliphatic hydroxyl groups excluding tert-OH is 4. The molecule has 0 aromatic heterocycles. The van der Waals surface area contributed by atoms with E-state index in [-0.39, 0.29) is 6.42 Å². The van der Waals surface area contributed by atoms with Crippen LogP contribution in [0.4, 0.5) is 0 Å². The number of hydrogen-bond donors (Lipinski definition) is 6. The Labute approximate surface area is 169 Å². The molecule has 170 valence electrons. The lowest BCUT2D eigenvalue weighted by Gasteiger charge is -2.46. The Morgan fingerprint density at radius 2 is 1.62 bits per heavy atom. The van der Waals surface area contributed by atoms with E-state index in [0.717, 1.165) is 0 Å². The smallest absolute Gasteiger partial charge is 0.223 e. The Hall–Kier alpha value is -0.890. The number of nitrogens with one attached hydrogen (secondary N) is 1. The Balaban J connectivity index is 2.10. The van der Waals surface area contributed by atoms with Crippen LogP contribution in [0.15, 0.2) is 0 Å². The van der Waals surface area contributed by atoms with Crippen LogP contribution in [0.2, 0.25) is 0 Å². The SMILES string of the molecule is CO[C@H]1[C@H](O[C@@H]2[C@@H](O)[C@H](C)O[C@H](O)[C@@H]2O)O[C@H](C)[C@@H](NC(=O)CC(C)(C)O)[C@@H]1O. The van der Waals surface area contributed by atoms with Crippen LogP contribution in [-0.4, -0.2) is 106 Å². The predicted octanol–water partition coefficient (Wildman–Crippen LogP) is -2.40. The summed E-state index contributed by atoms with van der Waals surface area (Å²) < 4.78 is 21.7. The number of carbonyl (C=O) groups is 1. The second-order valence-corrected chi connectivity index (χ2v) is 8.30. The lowest BCUT2D eigenvalue weighted by molar-refractivity contribution is -0.344. The monoisotopic (exact) mass is 423 g/mol. The lowest BCUT2D eigenvalue weighted by Crippen LogP contribution is -2.66. The van der Waals surface area contributed by atoms with E-state index < -0.39 is 72.9 Å². The molecule has 0 aromatic carbocycles. The molecule has 2 fully saturated rings. The van der Waals surface area contributed by atoms with Crippen LogP contribution >= 0.6 is 0 Å². The van der Waals surface area contributed by atoms with E-state index in [1.165, 1.54) is 27.9 Å². The molecule has 10 atom stereocenters. The quantitative estimate of drug-likeness (QED) is 0.271. The number of ether oxygens (including phenoxy) is 4. The first-order valence-corrected chi connectivity index (χ1v) is 9.59. The Kier molecular flexibility index (Phi) is 7.99. The third-order valence-corrected chi connectivity index (χ3v) is 5.11. The molecule has 29 heavy (non-hydrogen) atoms. The maximum atomic E-state index is 12.2. The first-order chi connectivity index (χ1) is 13.4. The van der Waals surface area contributed by atoms with E-state index in [9.17, 15) is 30.3 Å². The fourth-order valence-electron chi connectivity index (χ4n) is 3.54. The van der Waals surface area contributed by atoms with Crippen molar-refractivity contribution in [1.29, 1.82) is 0 Å². The van der Waals surface area contributed by atoms with E-state index >= 15 is 0 Å². The first-order valence-electron chi connectivity index (χ1n) is 9.59. The van der Waals surface area contributed by atoms with Gasteiger partial charge in [0.2, 0.25) is 5.91 Å². The fourth-order valence-corrected chi connectivity index (χ4v) is 3.54. The van der Waals surface area contributed by atoms with E-state index in [4.69, 9.17) is 18.9 Å². The van der Waals surface area contributed by atoms with Crippen LogP contribution in [0.1, 0.15) is 34.1 Å². The van der Waals surface area contributed by atoms with Crippen LogP contribution in [0, 0.1) is 0 Å². The van der Waals surface area contributed by atoms with Gasteiger partial charge in [0, 0.05) is 7.11 Å². The highest BCUT2D eigenvalue weighted by Gasteiger charge is 2.50. The van der Waals surface area contributed by atoms with Crippen molar-refractivity contribution in [1.82, 2.24) is 5.32 Å². The summed E-state index contributed by atoms with van der Waals surface area (Å²) in [7, 11) is 1.31. The summed E-state index contributed by atoms with van der Waals surface area (Å²) in [5.74, 6) is -0.474. The summed E-state index contributed by atoms with van der Waals surface area (Å²) in [4.78, 5) is 12.2. The third-order valence-electron chi connectivity index (χ3n) is 5.11. The van der Waals surface area contributed by atoms with Crippen molar-refractivity contribution in [2.45, 2.75) is 101 Å². The van der Waals surface area contributed by atoms with Crippen molar-refractivity contribution in [2.24, 2.45) is 0 Å². The third kappa shape index (κ3) is 5.84. The summed E-state index contributed by atoms with van der Waals surface area (Å²) >= 11 is 0. The minimum absolute atomic E-state index is 0.170. The molecule has 11 nitrogen and oxygen atoms in total. The Morgan fingerprint density at radius 3 is 2.17 bits per heavy atom. The normalized spacial score (nSPS) is 43.8. The molecule has 2 saturated heterocycles. The molecule has 2 heterocycles. The summed E-state index contributed by atoms with van der Waals surface area (Å²) in [6.07, 6.45) is -10.8. The maximum absolute atomic E-state index is 12.2. The zero-order chi connectivity index (χ0) is 22.1. The van der Waals surface area contributed by atoms with Crippen molar-refractivity contribution >= 4 is 5.91 Å². The van der Waals surface area contributed by atoms with E-state index in [1.807, 2.05) is 0 Å². The van der Waals surface area contributed by atoms with Gasteiger partial charge in [0.1, 0.15) is 30.5 Å². The number of amides is 1. The fraction of sp³-hybridized carbons (Fsp3) is 0.944. The van der Waals surface area contributed by atoms with Gasteiger partial charge in [0.25, 0.3) is 0 Å². The highest BCUT2D eigenvalue weighted by atomic mass is 16.7. The van der Waals surface area contributed by atoms with Crippen LogP contribution in [-0.2, 0) is 23.7 Å². The van der Waals surface area contributed by atoms with E-state index in [0.29, 0.717) is 0 Å². The number of hydrogen-bond acceptors (Lipinski definition) is 10. The molecule has 0 spiro atoms. The molecule has 0 radical (unpaired) electrons. The van der Waals surface area contributed by atoms with Gasteiger partial charge in [-0.3, -0.25) is 4.79 Å². The average molecular weight is 423 g/mol. The summed E-state index contributed by atoms with van der Waals surface area (Å²) in [5, 5.41) is 53.3. The molecular formula is C18H33NO10. The molecule has 0 bridgehead atoms. The highest BCUT2D eigenvalue weighted by Crippen LogP contribution is 2.29. The minimum Gasteiger partial charge on any atom is -0.390 e. The zero-order valence-electron chi connectivity index (χ0n) is 17.3.